The minimum absolute atomic E-state index is 0.0686. The van der Waals surface area contributed by atoms with E-state index in [1.807, 2.05) is 19.2 Å². The predicted molar refractivity (Wildman–Crippen MR) is 108 cm³/mol. The Morgan fingerprint density at radius 1 is 1.14 bits per heavy atom. The van der Waals surface area contributed by atoms with Crippen molar-refractivity contribution in [2.45, 2.75) is 32.7 Å². The fourth-order valence-corrected chi connectivity index (χ4v) is 3.41. The van der Waals surface area contributed by atoms with E-state index in [2.05, 4.69) is 21.8 Å². The molecule has 0 fully saturated rings. The molecule has 7 heteroatoms. The van der Waals surface area contributed by atoms with Gasteiger partial charge in [0, 0.05) is 32.7 Å². The Morgan fingerprint density at radius 2 is 1.86 bits per heavy atom. The van der Waals surface area contributed by atoms with Crippen molar-refractivity contribution in [1.82, 2.24) is 14.9 Å². The van der Waals surface area contributed by atoms with Gasteiger partial charge in [0.15, 0.2) is 11.5 Å². The van der Waals surface area contributed by atoms with Gasteiger partial charge < -0.3 is 19.3 Å². The molecule has 0 saturated carbocycles. The standard InChI is InChI=1S/C21H28N4O3/c1-5-6-8-24(2)21(26)17-12-20(23-14-22-17)25-9-7-15-10-18(27-3)19(28-4)11-16(15)13-25/h10-12,14H,5-9,13H2,1-4H3. The molecule has 0 unspecified atom stereocenters. The largest absolute Gasteiger partial charge is 0.493 e. The van der Waals surface area contributed by atoms with Crippen molar-refractivity contribution in [3.63, 3.8) is 0 Å². The van der Waals surface area contributed by atoms with Gasteiger partial charge in [0.05, 0.1) is 14.2 Å². The van der Waals surface area contributed by atoms with Gasteiger partial charge in [-0.05, 0) is 36.1 Å². The number of amides is 1. The van der Waals surface area contributed by atoms with Crippen molar-refractivity contribution in [1.29, 1.82) is 0 Å². The molecule has 1 aliphatic rings. The molecule has 0 radical (unpaired) electrons. The topological polar surface area (TPSA) is 67.8 Å². The maximum absolute atomic E-state index is 12.6. The number of hydrogen-bond donors (Lipinski definition) is 0. The molecular weight excluding hydrogens is 356 g/mol. The molecule has 1 aromatic heterocycles. The van der Waals surface area contributed by atoms with Crippen molar-refractivity contribution in [3.8, 4) is 11.5 Å². The van der Waals surface area contributed by atoms with Crippen LogP contribution in [0.15, 0.2) is 24.5 Å². The number of anilines is 1. The van der Waals surface area contributed by atoms with E-state index in [0.717, 1.165) is 49.7 Å². The van der Waals surface area contributed by atoms with Crippen molar-refractivity contribution < 1.29 is 14.3 Å². The third kappa shape index (κ3) is 4.18. The van der Waals surface area contributed by atoms with Gasteiger partial charge in [-0.25, -0.2) is 9.97 Å². The Bertz CT molecular complexity index is 840. The maximum atomic E-state index is 12.6. The summed E-state index contributed by atoms with van der Waals surface area (Å²) in [6, 6.07) is 5.85. The number of rotatable bonds is 7. The fraction of sp³-hybridized carbons (Fsp3) is 0.476. The van der Waals surface area contributed by atoms with Gasteiger partial charge in [0.2, 0.25) is 0 Å². The Balaban J connectivity index is 1.79. The van der Waals surface area contributed by atoms with Crippen LogP contribution in [-0.4, -0.2) is 55.1 Å². The lowest BCUT2D eigenvalue weighted by Gasteiger charge is -2.30. The highest BCUT2D eigenvalue weighted by Crippen LogP contribution is 2.34. The number of carbonyl (C=O) groups excluding carboxylic acids is 1. The number of fused-ring (bicyclic) bond motifs is 1. The quantitative estimate of drug-likeness (QED) is 0.731. The lowest BCUT2D eigenvalue weighted by Crippen LogP contribution is -2.32. The first-order valence-electron chi connectivity index (χ1n) is 9.63. The number of aromatic nitrogens is 2. The SMILES string of the molecule is CCCCN(C)C(=O)c1cc(N2CCc3cc(OC)c(OC)cc3C2)ncn1. The van der Waals surface area contributed by atoms with Crippen LogP contribution in [0.5, 0.6) is 11.5 Å². The number of methoxy groups -OCH3 is 2. The number of benzene rings is 1. The third-order valence-corrected chi connectivity index (χ3v) is 5.11. The van der Waals surface area contributed by atoms with E-state index in [9.17, 15) is 4.79 Å². The highest BCUT2D eigenvalue weighted by molar-refractivity contribution is 5.92. The average Bonchev–Trinajstić information content (AvgIpc) is 2.75. The summed E-state index contributed by atoms with van der Waals surface area (Å²) in [5.41, 5.74) is 2.86. The van der Waals surface area contributed by atoms with Crippen LogP contribution in [-0.2, 0) is 13.0 Å². The van der Waals surface area contributed by atoms with Crippen molar-refractivity contribution in [2.75, 3.05) is 39.3 Å². The molecule has 7 nitrogen and oxygen atoms in total. The second kappa shape index (κ2) is 8.91. The Hall–Kier alpha value is -2.83. The first kappa shape index (κ1) is 19.9. The van der Waals surface area contributed by atoms with Crippen LogP contribution in [0.1, 0.15) is 41.4 Å². The molecule has 2 heterocycles. The van der Waals surface area contributed by atoms with Crippen LogP contribution in [0.4, 0.5) is 5.82 Å². The normalized spacial score (nSPS) is 13.1. The number of hydrogen-bond acceptors (Lipinski definition) is 6. The van der Waals surface area contributed by atoms with Crippen LogP contribution in [0.2, 0.25) is 0 Å². The highest BCUT2D eigenvalue weighted by atomic mass is 16.5. The number of unbranched alkanes of at least 4 members (excludes halogenated alkanes) is 1. The van der Waals surface area contributed by atoms with Crippen molar-refractivity contribution in [3.05, 3.63) is 41.3 Å². The first-order valence-corrected chi connectivity index (χ1v) is 9.63. The summed E-state index contributed by atoms with van der Waals surface area (Å²) in [4.78, 5) is 25.1. The van der Waals surface area contributed by atoms with E-state index in [1.54, 1.807) is 25.2 Å². The molecule has 0 saturated heterocycles. The Labute approximate surface area is 166 Å². The molecule has 0 aliphatic carbocycles. The summed E-state index contributed by atoms with van der Waals surface area (Å²) in [6.07, 6.45) is 4.38. The van der Waals surface area contributed by atoms with Gasteiger partial charge >= 0.3 is 0 Å². The molecule has 0 N–H and O–H groups in total. The van der Waals surface area contributed by atoms with E-state index in [4.69, 9.17) is 9.47 Å². The molecule has 0 atom stereocenters. The Morgan fingerprint density at radius 3 is 2.54 bits per heavy atom. The number of carbonyl (C=O) groups is 1. The zero-order valence-electron chi connectivity index (χ0n) is 17.1. The van der Waals surface area contributed by atoms with Gasteiger partial charge in [-0.15, -0.1) is 0 Å². The summed E-state index contributed by atoms with van der Waals surface area (Å²) in [6.45, 7) is 4.36. The molecular formula is C21H28N4O3. The maximum Gasteiger partial charge on any atom is 0.272 e. The van der Waals surface area contributed by atoms with Crippen molar-refractivity contribution in [2.24, 2.45) is 0 Å². The molecule has 3 rings (SSSR count). The van der Waals surface area contributed by atoms with Crippen LogP contribution in [0, 0.1) is 0 Å². The van der Waals surface area contributed by atoms with Crippen molar-refractivity contribution >= 4 is 11.7 Å². The summed E-state index contributed by atoms with van der Waals surface area (Å²) in [5, 5.41) is 0. The molecule has 1 aromatic carbocycles. The lowest BCUT2D eigenvalue weighted by molar-refractivity contribution is 0.0787. The zero-order chi connectivity index (χ0) is 20.1. The van der Waals surface area contributed by atoms with Gasteiger partial charge in [-0.2, -0.15) is 0 Å². The smallest absolute Gasteiger partial charge is 0.272 e. The predicted octanol–water partition coefficient (Wildman–Crippen LogP) is 2.93. The minimum Gasteiger partial charge on any atom is -0.493 e. The van der Waals surface area contributed by atoms with E-state index in [1.165, 1.54) is 17.5 Å². The van der Waals surface area contributed by atoms with Crippen LogP contribution >= 0.6 is 0 Å². The second-order valence-electron chi connectivity index (χ2n) is 6.99. The summed E-state index contributed by atoms with van der Waals surface area (Å²) in [7, 11) is 5.11. The molecule has 150 valence electrons. The first-order chi connectivity index (χ1) is 13.6. The van der Waals surface area contributed by atoms with E-state index in [-0.39, 0.29) is 5.91 Å². The monoisotopic (exact) mass is 384 g/mol. The zero-order valence-corrected chi connectivity index (χ0v) is 17.1. The summed E-state index contributed by atoms with van der Waals surface area (Å²) >= 11 is 0. The van der Waals surface area contributed by atoms with E-state index >= 15 is 0 Å². The van der Waals surface area contributed by atoms with Crippen LogP contribution < -0.4 is 14.4 Å². The van der Waals surface area contributed by atoms with Gasteiger partial charge in [0.1, 0.15) is 17.8 Å². The molecule has 28 heavy (non-hydrogen) atoms. The molecule has 1 amide bonds. The fourth-order valence-electron chi connectivity index (χ4n) is 3.41. The average molecular weight is 384 g/mol. The molecule has 1 aliphatic heterocycles. The van der Waals surface area contributed by atoms with E-state index < -0.39 is 0 Å². The van der Waals surface area contributed by atoms with Crippen LogP contribution in [0.25, 0.3) is 0 Å². The third-order valence-electron chi connectivity index (χ3n) is 5.11. The van der Waals surface area contributed by atoms with Gasteiger partial charge in [-0.3, -0.25) is 4.79 Å². The highest BCUT2D eigenvalue weighted by Gasteiger charge is 2.22. The van der Waals surface area contributed by atoms with Gasteiger partial charge in [-0.1, -0.05) is 13.3 Å². The van der Waals surface area contributed by atoms with Crippen LogP contribution in [0.3, 0.4) is 0 Å². The van der Waals surface area contributed by atoms with Gasteiger partial charge in [0.25, 0.3) is 5.91 Å². The molecule has 2 aromatic rings. The number of nitrogens with zero attached hydrogens (tertiary/aromatic N) is 4. The lowest BCUT2D eigenvalue weighted by atomic mass is 9.98. The number of ether oxygens (including phenoxy) is 2. The summed E-state index contributed by atoms with van der Waals surface area (Å²) in [5.74, 6) is 2.17. The molecule has 0 spiro atoms. The van der Waals surface area contributed by atoms with E-state index in [0.29, 0.717) is 12.2 Å². The summed E-state index contributed by atoms with van der Waals surface area (Å²) < 4.78 is 10.8. The minimum atomic E-state index is -0.0686. The Kier molecular flexibility index (Phi) is 6.34. The molecule has 0 bridgehead atoms. The second-order valence-corrected chi connectivity index (χ2v) is 6.99.